The lowest BCUT2D eigenvalue weighted by Crippen LogP contribution is -2.58. The summed E-state index contributed by atoms with van der Waals surface area (Å²) in [4.78, 5) is 0. The molecule has 43 heavy (non-hydrogen) atoms. The van der Waals surface area contributed by atoms with Crippen molar-refractivity contribution in [2.75, 3.05) is 13.1 Å². The molecule has 0 N–H and O–H groups in total. The first kappa shape index (κ1) is 43.0. The van der Waals surface area contributed by atoms with Crippen molar-refractivity contribution >= 4 is 0 Å². The second kappa shape index (κ2) is 33.3. The van der Waals surface area contributed by atoms with Crippen LogP contribution in [0.1, 0.15) is 247 Å². The Morgan fingerprint density at radius 2 is 0.419 bits per heavy atom. The van der Waals surface area contributed by atoms with Crippen LogP contribution >= 0.6 is 0 Å². The summed E-state index contributed by atoms with van der Waals surface area (Å²) >= 11 is 0. The van der Waals surface area contributed by atoms with Gasteiger partial charge in [0.25, 0.3) is 0 Å². The van der Waals surface area contributed by atoms with Gasteiger partial charge < -0.3 is 4.48 Å². The van der Waals surface area contributed by atoms with E-state index in [1.807, 2.05) is 0 Å². The number of unbranched alkanes of at least 4 members (excludes halogenated alkanes) is 30. The van der Waals surface area contributed by atoms with Crippen molar-refractivity contribution in [3.05, 3.63) is 0 Å². The molecular weight excluding hydrogens is 518 g/mol. The van der Waals surface area contributed by atoms with E-state index in [0.717, 1.165) is 12.1 Å². The quantitative estimate of drug-likeness (QED) is 0.0491. The average molecular weight is 607 g/mol. The Bertz CT molecular complexity index is 463. The highest BCUT2D eigenvalue weighted by Crippen LogP contribution is 2.24. The standard InChI is InChI=1S/C42H88N/c1-7-9-11-13-15-17-19-21-23-25-27-29-31-33-35-37-39-43(41(3)4,42(5)6)40-38-36-34-32-30-28-26-24-22-20-18-16-14-12-10-8-2/h41-42H,7-40H2,1-6H3/q+1. The third kappa shape index (κ3) is 26.8. The molecule has 0 aromatic carbocycles. The lowest BCUT2D eigenvalue weighted by Gasteiger charge is -2.46. The number of nitrogens with zero attached hydrogens (tertiary/aromatic N) is 1. The molecule has 1 heteroatoms. The Morgan fingerprint density at radius 3 is 0.581 bits per heavy atom. The lowest BCUT2D eigenvalue weighted by atomic mass is 10.0. The highest BCUT2D eigenvalue weighted by molar-refractivity contribution is 4.58. The summed E-state index contributed by atoms with van der Waals surface area (Å²) < 4.78 is 1.36. The lowest BCUT2D eigenvalue weighted by molar-refractivity contribution is -0.967. The van der Waals surface area contributed by atoms with Crippen LogP contribution in [0.2, 0.25) is 0 Å². The van der Waals surface area contributed by atoms with Gasteiger partial charge in [-0.1, -0.05) is 194 Å². The Balaban J connectivity index is 3.75. The monoisotopic (exact) mass is 607 g/mol. The second-order valence-corrected chi connectivity index (χ2v) is 15.3. The Labute approximate surface area is 276 Å². The number of rotatable bonds is 36. The van der Waals surface area contributed by atoms with Gasteiger partial charge >= 0.3 is 0 Å². The molecule has 0 saturated carbocycles. The molecule has 0 aliphatic carbocycles. The Kier molecular flexibility index (Phi) is 33.3. The van der Waals surface area contributed by atoms with E-state index in [1.54, 1.807) is 0 Å². The minimum absolute atomic E-state index is 0.757. The summed E-state index contributed by atoms with van der Waals surface area (Å²) in [7, 11) is 0. The van der Waals surface area contributed by atoms with E-state index in [-0.39, 0.29) is 0 Å². The van der Waals surface area contributed by atoms with Gasteiger partial charge in [0, 0.05) is 0 Å². The molecule has 0 bridgehead atoms. The van der Waals surface area contributed by atoms with Crippen molar-refractivity contribution in [3.8, 4) is 0 Å². The molecule has 0 aliphatic heterocycles. The van der Waals surface area contributed by atoms with Crippen LogP contribution < -0.4 is 0 Å². The zero-order chi connectivity index (χ0) is 31.7. The molecule has 260 valence electrons. The van der Waals surface area contributed by atoms with Crippen LogP contribution in [0.15, 0.2) is 0 Å². The third-order valence-electron chi connectivity index (χ3n) is 10.9. The first-order valence-electron chi connectivity index (χ1n) is 20.9. The minimum atomic E-state index is 0.757. The fourth-order valence-corrected chi connectivity index (χ4v) is 7.65. The summed E-state index contributed by atoms with van der Waals surface area (Å²) in [5.74, 6) is 0. The summed E-state index contributed by atoms with van der Waals surface area (Å²) in [6.07, 6.45) is 46.9. The van der Waals surface area contributed by atoms with Crippen LogP contribution in [-0.2, 0) is 0 Å². The number of hydrogen-bond donors (Lipinski definition) is 0. The van der Waals surface area contributed by atoms with Gasteiger partial charge in [-0.2, -0.15) is 0 Å². The highest BCUT2D eigenvalue weighted by atomic mass is 15.4. The van der Waals surface area contributed by atoms with Gasteiger partial charge in [-0.05, 0) is 53.4 Å². The van der Waals surface area contributed by atoms with Crippen molar-refractivity contribution in [2.24, 2.45) is 0 Å². The molecule has 0 aromatic rings. The molecule has 0 saturated heterocycles. The molecule has 1 nitrogen and oxygen atoms in total. The van der Waals surface area contributed by atoms with Gasteiger partial charge in [0.2, 0.25) is 0 Å². The summed E-state index contributed by atoms with van der Waals surface area (Å²) in [5, 5.41) is 0. The van der Waals surface area contributed by atoms with Gasteiger partial charge in [-0.25, -0.2) is 0 Å². The van der Waals surface area contributed by atoms with Crippen LogP contribution in [0.3, 0.4) is 0 Å². The van der Waals surface area contributed by atoms with E-state index in [4.69, 9.17) is 0 Å². The average Bonchev–Trinajstić information content (AvgIpc) is 2.99. The predicted molar refractivity (Wildman–Crippen MR) is 199 cm³/mol. The van der Waals surface area contributed by atoms with Crippen LogP contribution in [0, 0.1) is 0 Å². The molecular formula is C42H88N+. The van der Waals surface area contributed by atoms with Crippen LogP contribution in [0.25, 0.3) is 0 Å². The number of hydrogen-bond acceptors (Lipinski definition) is 0. The van der Waals surface area contributed by atoms with E-state index in [9.17, 15) is 0 Å². The van der Waals surface area contributed by atoms with E-state index < -0.39 is 0 Å². The van der Waals surface area contributed by atoms with Crippen molar-refractivity contribution in [2.45, 2.75) is 259 Å². The van der Waals surface area contributed by atoms with E-state index >= 15 is 0 Å². The highest BCUT2D eigenvalue weighted by Gasteiger charge is 2.33. The maximum atomic E-state index is 2.50. The van der Waals surface area contributed by atoms with Crippen molar-refractivity contribution in [3.63, 3.8) is 0 Å². The smallest absolute Gasteiger partial charge is 0.0835 e. The fraction of sp³-hybridized carbons (Fsp3) is 1.00. The van der Waals surface area contributed by atoms with Crippen molar-refractivity contribution < 1.29 is 4.48 Å². The minimum Gasteiger partial charge on any atom is -0.320 e. The van der Waals surface area contributed by atoms with Crippen LogP contribution in [-0.4, -0.2) is 29.7 Å². The van der Waals surface area contributed by atoms with E-state index in [2.05, 4.69) is 41.5 Å². The number of quaternary nitrogens is 1. The maximum Gasteiger partial charge on any atom is 0.0835 e. The first-order valence-corrected chi connectivity index (χ1v) is 20.9. The molecule has 0 amide bonds. The Morgan fingerprint density at radius 1 is 0.256 bits per heavy atom. The fourth-order valence-electron chi connectivity index (χ4n) is 7.65. The third-order valence-corrected chi connectivity index (χ3v) is 10.9. The zero-order valence-corrected chi connectivity index (χ0v) is 31.6. The molecule has 0 spiro atoms. The molecule has 0 rings (SSSR count). The van der Waals surface area contributed by atoms with E-state index in [1.165, 1.54) is 223 Å². The van der Waals surface area contributed by atoms with Crippen molar-refractivity contribution in [1.29, 1.82) is 0 Å². The van der Waals surface area contributed by atoms with Crippen molar-refractivity contribution in [1.82, 2.24) is 0 Å². The first-order chi connectivity index (χ1) is 21.0. The van der Waals surface area contributed by atoms with Gasteiger partial charge in [0.05, 0.1) is 25.2 Å². The predicted octanol–water partition coefficient (Wildman–Crippen LogP) is 15.1. The molecule has 0 aromatic heterocycles. The van der Waals surface area contributed by atoms with Gasteiger partial charge in [0.1, 0.15) is 0 Å². The maximum absolute atomic E-state index is 2.50. The summed E-state index contributed by atoms with van der Waals surface area (Å²) in [5.41, 5.74) is 0. The normalized spacial score (nSPS) is 12.3. The summed E-state index contributed by atoms with van der Waals surface area (Å²) in [6, 6.07) is 1.51. The molecule has 0 aliphatic rings. The summed E-state index contributed by atoms with van der Waals surface area (Å²) in [6.45, 7) is 17.4. The van der Waals surface area contributed by atoms with Crippen LogP contribution in [0.4, 0.5) is 0 Å². The Hall–Kier alpha value is -0.0400. The largest absolute Gasteiger partial charge is 0.320 e. The molecule has 0 radical (unpaired) electrons. The molecule has 0 fully saturated rings. The van der Waals surface area contributed by atoms with Gasteiger partial charge in [0.15, 0.2) is 0 Å². The molecule has 0 atom stereocenters. The topological polar surface area (TPSA) is 0 Å². The molecule has 0 heterocycles. The zero-order valence-electron chi connectivity index (χ0n) is 31.6. The van der Waals surface area contributed by atoms with E-state index in [0.29, 0.717) is 0 Å². The van der Waals surface area contributed by atoms with Crippen LogP contribution in [0.5, 0.6) is 0 Å². The van der Waals surface area contributed by atoms with Gasteiger partial charge in [-0.15, -0.1) is 0 Å². The van der Waals surface area contributed by atoms with Gasteiger partial charge in [-0.3, -0.25) is 0 Å². The molecule has 0 unspecified atom stereocenters. The second-order valence-electron chi connectivity index (χ2n) is 15.3. The SMILES string of the molecule is CCCCCCCCCCCCCCCCCC[N+](CCCCCCCCCCCCCCCCCC)(C(C)C)C(C)C.